The Morgan fingerprint density at radius 3 is 2.44 bits per heavy atom. The molecule has 1 aliphatic carbocycles. The van der Waals surface area contributed by atoms with E-state index >= 15 is 4.39 Å². The maximum absolute atomic E-state index is 15.2. The van der Waals surface area contributed by atoms with Crippen molar-refractivity contribution in [2.75, 3.05) is 0 Å². The molecular formula is C30H23ClF2N4O4S2. The SMILES string of the molecule is NS(=O)(=O)c1ccc(Cc2c(-c3cc(-c4ccccc4)c(F)cc3Cl)nn(-c3nc(C(=O)O)cs3)c2CC2CC2)cc1F. The first-order valence-corrected chi connectivity index (χ1v) is 16.0. The molecular weight excluding hydrogens is 618 g/mol. The molecule has 1 fully saturated rings. The molecule has 0 spiro atoms. The molecule has 0 unspecified atom stereocenters. The van der Waals surface area contributed by atoms with Crippen LogP contribution in [-0.2, 0) is 22.9 Å². The van der Waals surface area contributed by atoms with Crippen LogP contribution >= 0.6 is 22.9 Å². The molecule has 220 valence electrons. The zero-order valence-electron chi connectivity index (χ0n) is 22.3. The second-order valence-electron chi connectivity index (χ2n) is 10.3. The third-order valence-corrected chi connectivity index (χ3v) is 9.31. The molecule has 5 aromatic rings. The van der Waals surface area contributed by atoms with Gasteiger partial charge in [0, 0.05) is 28.5 Å². The van der Waals surface area contributed by atoms with Crippen LogP contribution in [0.1, 0.15) is 40.2 Å². The Kier molecular flexibility index (Phi) is 7.63. The molecule has 43 heavy (non-hydrogen) atoms. The average molecular weight is 641 g/mol. The number of hydrogen-bond donors (Lipinski definition) is 2. The summed E-state index contributed by atoms with van der Waals surface area (Å²) in [5.74, 6) is -2.34. The topological polar surface area (TPSA) is 128 Å². The molecule has 0 saturated heterocycles. The number of nitrogens with two attached hydrogens (primary N) is 1. The standard InChI is InChI=1S/C30H23ClF2N4O4S2/c31-22-14-23(32)19(18-4-2-1-3-5-18)13-20(22)28-21(10-17-8-9-27(24(33)11-17)43(34,40)41)26(12-16-6-7-16)37(36-28)30-35-25(15-42-30)29(38)39/h1-5,8-9,11,13-16H,6-7,10,12H2,(H,38,39)(H2,34,40,41). The van der Waals surface area contributed by atoms with Gasteiger partial charge < -0.3 is 5.11 Å². The van der Waals surface area contributed by atoms with Gasteiger partial charge in [-0.1, -0.05) is 48.0 Å². The lowest BCUT2D eigenvalue weighted by molar-refractivity contribution is 0.0691. The van der Waals surface area contributed by atoms with Crippen molar-refractivity contribution >= 4 is 38.9 Å². The molecule has 3 aromatic carbocycles. The van der Waals surface area contributed by atoms with E-state index in [1.165, 1.54) is 17.5 Å². The number of rotatable bonds is 9. The van der Waals surface area contributed by atoms with Crippen molar-refractivity contribution in [1.29, 1.82) is 0 Å². The largest absolute Gasteiger partial charge is 0.476 e. The van der Waals surface area contributed by atoms with Gasteiger partial charge in [-0.25, -0.2) is 36.8 Å². The highest BCUT2D eigenvalue weighted by Crippen LogP contribution is 2.41. The van der Waals surface area contributed by atoms with E-state index in [1.807, 2.05) is 6.07 Å². The van der Waals surface area contributed by atoms with Crippen molar-refractivity contribution in [3.63, 3.8) is 0 Å². The van der Waals surface area contributed by atoms with Crippen molar-refractivity contribution in [1.82, 2.24) is 14.8 Å². The van der Waals surface area contributed by atoms with E-state index in [-0.39, 0.29) is 17.1 Å². The second kappa shape index (κ2) is 11.3. The Morgan fingerprint density at radius 2 is 1.81 bits per heavy atom. The number of aromatic nitrogens is 3. The number of carboxylic acids is 1. The maximum Gasteiger partial charge on any atom is 0.355 e. The number of primary sulfonamides is 1. The summed E-state index contributed by atoms with van der Waals surface area (Å²) >= 11 is 7.75. The minimum atomic E-state index is -4.27. The monoisotopic (exact) mass is 640 g/mol. The zero-order chi connectivity index (χ0) is 30.5. The van der Waals surface area contributed by atoms with Gasteiger partial charge in [0.25, 0.3) is 0 Å². The van der Waals surface area contributed by atoms with Gasteiger partial charge in [-0.3, -0.25) is 0 Å². The Labute approximate surface area is 254 Å². The van der Waals surface area contributed by atoms with Crippen LogP contribution < -0.4 is 5.14 Å². The van der Waals surface area contributed by atoms with E-state index in [2.05, 4.69) is 4.98 Å². The van der Waals surface area contributed by atoms with Gasteiger partial charge in [-0.05, 0) is 60.6 Å². The molecule has 1 aliphatic rings. The predicted octanol–water partition coefficient (Wildman–Crippen LogP) is 6.48. The lowest BCUT2D eigenvalue weighted by Gasteiger charge is -2.12. The Bertz CT molecular complexity index is 1990. The van der Waals surface area contributed by atoms with E-state index in [0.29, 0.717) is 51.0 Å². The van der Waals surface area contributed by atoms with Crippen molar-refractivity contribution in [2.45, 2.75) is 30.6 Å². The van der Waals surface area contributed by atoms with Crippen molar-refractivity contribution in [3.05, 3.63) is 105 Å². The van der Waals surface area contributed by atoms with Crippen molar-refractivity contribution < 1.29 is 27.1 Å². The number of aromatic carboxylic acids is 1. The predicted molar refractivity (Wildman–Crippen MR) is 159 cm³/mol. The highest BCUT2D eigenvalue weighted by molar-refractivity contribution is 7.89. The summed E-state index contributed by atoms with van der Waals surface area (Å²) in [6, 6.07) is 15.5. The Balaban J connectivity index is 1.57. The van der Waals surface area contributed by atoms with Crippen LogP contribution in [0.5, 0.6) is 0 Å². The quantitative estimate of drug-likeness (QED) is 0.190. The van der Waals surface area contributed by atoms with Gasteiger partial charge in [-0.2, -0.15) is 5.10 Å². The summed E-state index contributed by atoms with van der Waals surface area (Å²) in [6.07, 6.45) is 2.67. The van der Waals surface area contributed by atoms with Crippen LogP contribution in [0.2, 0.25) is 5.02 Å². The number of hydrogen-bond acceptors (Lipinski definition) is 6. The van der Waals surface area contributed by atoms with Crippen LogP contribution in [0, 0.1) is 17.6 Å². The van der Waals surface area contributed by atoms with Crippen LogP contribution in [0.25, 0.3) is 27.5 Å². The molecule has 3 N–H and O–H groups in total. The highest BCUT2D eigenvalue weighted by atomic mass is 35.5. The van der Waals surface area contributed by atoms with Crippen molar-refractivity contribution in [2.24, 2.45) is 11.1 Å². The number of nitrogens with zero attached hydrogens (tertiary/aromatic N) is 3. The summed E-state index contributed by atoms with van der Waals surface area (Å²) in [5.41, 5.74) is 3.41. The average Bonchev–Trinajstić information content (AvgIpc) is 3.51. The first-order valence-electron chi connectivity index (χ1n) is 13.2. The van der Waals surface area contributed by atoms with E-state index in [0.717, 1.165) is 42.0 Å². The van der Waals surface area contributed by atoms with Crippen molar-refractivity contribution in [3.8, 4) is 27.5 Å². The fourth-order valence-electron chi connectivity index (χ4n) is 4.97. The lowest BCUT2D eigenvalue weighted by Crippen LogP contribution is -2.14. The smallest absolute Gasteiger partial charge is 0.355 e. The van der Waals surface area contributed by atoms with E-state index in [9.17, 15) is 22.7 Å². The molecule has 6 rings (SSSR count). The van der Waals surface area contributed by atoms with Gasteiger partial charge in [-0.15, -0.1) is 11.3 Å². The third-order valence-electron chi connectivity index (χ3n) is 7.24. The second-order valence-corrected chi connectivity index (χ2v) is 13.1. The van der Waals surface area contributed by atoms with Gasteiger partial charge in [0.2, 0.25) is 15.2 Å². The first-order chi connectivity index (χ1) is 20.5. The highest BCUT2D eigenvalue weighted by Gasteiger charge is 2.30. The number of halogens is 3. The Hall–Kier alpha value is -3.97. The first kappa shape index (κ1) is 29.1. The van der Waals surface area contributed by atoms with Crippen LogP contribution in [0.4, 0.5) is 8.78 Å². The van der Waals surface area contributed by atoms with E-state index in [1.54, 1.807) is 35.0 Å². The molecule has 0 radical (unpaired) electrons. The molecule has 8 nitrogen and oxygen atoms in total. The van der Waals surface area contributed by atoms with Gasteiger partial charge >= 0.3 is 5.97 Å². The maximum atomic E-state index is 15.2. The van der Waals surface area contributed by atoms with Crippen LogP contribution in [0.3, 0.4) is 0 Å². The summed E-state index contributed by atoms with van der Waals surface area (Å²) in [7, 11) is -4.27. The third kappa shape index (κ3) is 5.96. The number of sulfonamides is 1. The minimum Gasteiger partial charge on any atom is -0.476 e. The minimum absolute atomic E-state index is 0.0992. The van der Waals surface area contributed by atoms with Crippen LogP contribution in [0.15, 0.2) is 70.9 Å². The van der Waals surface area contributed by atoms with E-state index < -0.39 is 32.5 Å². The summed E-state index contributed by atoms with van der Waals surface area (Å²) in [6.45, 7) is 0. The lowest BCUT2D eigenvalue weighted by atomic mass is 9.94. The van der Waals surface area contributed by atoms with Gasteiger partial charge in [0.15, 0.2) is 5.69 Å². The fraction of sp³-hybridized carbons (Fsp3) is 0.167. The fourth-order valence-corrected chi connectivity index (χ4v) is 6.57. The molecule has 2 heterocycles. The number of carboxylic acid groups (broad SMARTS) is 1. The van der Waals surface area contributed by atoms with Crippen LogP contribution in [-0.4, -0.2) is 34.3 Å². The number of thiazole rings is 1. The molecule has 0 bridgehead atoms. The number of benzene rings is 3. The molecule has 1 saturated carbocycles. The normalized spacial score (nSPS) is 13.4. The molecule has 0 aliphatic heterocycles. The molecule has 13 heteroatoms. The summed E-state index contributed by atoms with van der Waals surface area (Å²) < 4.78 is 55.3. The van der Waals surface area contributed by atoms with Gasteiger partial charge in [0.1, 0.15) is 16.5 Å². The molecule has 0 amide bonds. The Morgan fingerprint density at radius 1 is 1.07 bits per heavy atom. The van der Waals surface area contributed by atoms with E-state index in [4.69, 9.17) is 21.8 Å². The molecule has 2 aromatic heterocycles. The summed E-state index contributed by atoms with van der Waals surface area (Å²) in [5, 5.41) is 21.3. The number of carbonyl (C=O) groups is 1. The molecule has 0 atom stereocenters. The summed E-state index contributed by atoms with van der Waals surface area (Å²) in [4.78, 5) is 15.2. The van der Waals surface area contributed by atoms with Gasteiger partial charge in [0.05, 0.1) is 16.4 Å². The zero-order valence-corrected chi connectivity index (χ0v) is 24.7.